The van der Waals surface area contributed by atoms with E-state index in [0.29, 0.717) is 12.0 Å². The van der Waals surface area contributed by atoms with Gasteiger partial charge in [0, 0.05) is 18.5 Å². The maximum Gasteiger partial charge on any atom is 0.133 e. The van der Waals surface area contributed by atoms with Gasteiger partial charge in [0.05, 0.1) is 18.2 Å². The second-order valence-corrected chi connectivity index (χ2v) is 6.05. The highest BCUT2D eigenvalue weighted by atomic mass is 15.2. The Hall–Kier alpha value is -1.78. The van der Waals surface area contributed by atoms with Crippen LogP contribution in [0.4, 0.5) is 5.82 Å². The van der Waals surface area contributed by atoms with Crippen LogP contribution in [0, 0.1) is 0 Å². The third kappa shape index (κ3) is 1.84. The molecule has 2 N–H and O–H groups in total. The third-order valence-corrected chi connectivity index (χ3v) is 4.25. The van der Waals surface area contributed by atoms with Crippen LogP contribution in [0.5, 0.6) is 0 Å². The largest absolute Gasteiger partial charge is 0.383 e. The van der Waals surface area contributed by atoms with Gasteiger partial charge in [-0.1, -0.05) is 6.92 Å². The molecule has 0 unspecified atom stereocenters. The van der Waals surface area contributed by atoms with E-state index in [2.05, 4.69) is 21.0 Å². The minimum Gasteiger partial charge on any atom is -0.383 e. The van der Waals surface area contributed by atoms with Gasteiger partial charge in [0.25, 0.3) is 0 Å². The predicted molar refractivity (Wildman–Crippen MR) is 78.4 cm³/mol. The Morgan fingerprint density at radius 2 is 2.10 bits per heavy atom. The minimum absolute atomic E-state index is 0.592. The van der Waals surface area contributed by atoms with Crippen molar-refractivity contribution >= 4 is 5.82 Å². The van der Waals surface area contributed by atoms with Gasteiger partial charge in [0.15, 0.2) is 0 Å². The van der Waals surface area contributed by atoms with Gasteiger partial charge in [-0.3, -0.25) is 0 Å². The number of nitrogen functional groups attached to an aromatic ring is 1. The van der Waals surface area contributed by atoms with Gasteiger partial charge >= 0.3 is 0 Å². The minimum atomic E-state index is 0.592. The summed E-state index contributed by atoms with van der Waals surface area (Å²) in [6.07, 6.45) is 9.87. The molecule has 2 saturated carbocycles. The van der Waals surface area contributed by atoms with E-state index in [-0.39, 0.29) is 0 Å². The molecule has 2 heterocycles. The van der Waals surface area contributed by atoms with Crippen LogP contribution in [-0.2, 0) is 6.54 Å². The van der Waals surface area contributed by atoms with Crippen molar-refractivity contribution in [3.05, 3.63) is 18.3 Å². The highest BCUT2D eigenvalue weighted by Crippen LogP contribution is 2.47. The molecule has 2 fully saturated rings. The summed E-state index contributed by atoms with van der Waals surface area (Å²) in [5.74, 6) is 2.69. The number of nitrogens with zero attached hydrogens (tertiary/aromatic N) is 4. The molecular weight excluding hydrogens is 250 g/mol. The van der Waals surface area contributed by atoms with E-state index in [1.807, 2.05) is 12.5 Å². The van der Waals surface area contributed by atoms with Crippen molar-refractivity contribution in [3.63, 3.8) is 0 Å². The molecule has 2 aliphatic carbocycles. The molecule has 5 nitrogen and oxygen atoms in total. The Labute approximate surface area is 118 Å². The molecule has 2 aromatic rings. The topological polar surface area (TPSA) is 61.7 Å². The SMILES string of the molecule is CCCn1cncc1-c1nc(C2CC2)n(C2CC2)c1N. The van der Waals surface area contributed by atoms with Crippen LogP contribution in [-0.4, -0.2) is 19.1 Å². The van der Waals surface area contributed by atoms with Crippen molar-refractivity contribution in [1.29, 1.82) is 0 Å². The molecule has 0 amide bonds. The van der Waals surface area contributed by atoms with E-state index in [9.17, 15) is 0 Å². The van der Waals surface area contributed by atoms with Crippen LogP contribution in [0.1, 0.15) is 56.8 Å². The third-order valence-electron chi connectivity index (χ3n) is 4.25. The van der Waals surface area contributed by atoms with Crippen molar-refractivity contribution in [2.45, 2.75) is 57.5 Å². The number of anilines is 1. The number of rotatable bonds is 5. The normalized spacial score (nSPS) is 18.6. The van der Waals surface area contributed by atoms with Crippen LogP contribution < -0.4 is 5.73 Å². The van der Waals surface area contributed by atoms with Crippen LogP contribution in [0.2, 0.25) is 0 Å². The molecule has 2 aromatic heterocycles. The molecule has 4 rings (SSSR count). The zero-order chi connectivity index (χ0) is 13.7. The molecule has 0 aromatic carbocycles. The molecule has 0 aliphatic heterocycles. The number of hydrogen-bond donors (Lipinski definition) is 1. The molecule has 5 heteroatoms. The van der Waals surface area contributed by atoms with Gasteiger partial charge in [-0.15, -0.1) is 0 Å². The summed E-state index contributed by atoms with van der Waals surface area (Å²) in [5.41, 5.74) is 8.42. The van der Waals surface area contributed by atoms with Gasteiger partial charge in [0.2, 0.25) is 0 Å². The fourth-order valence-corrected chi connectivity index (χ4v) is 2.93. The van der Waals surface area contributed by atoms with Gasteiger partial charge in [0.1, 0.15) is 17.3 Å². The molecule has 0 atom stereocenters. The lowest BCUT2D eigenvalue weighted by atomic mass is 10.3. The first-order valence-corrected chi connectivity index (χ1v) is 7.67. The second-order valence-electron chi connectivity index (χ2n) is 6.05. The van der Waals surface area contributed by atoms with Crippen LogP contribution in [0.25, 0.3) is 11.4 Å². The van der Waals surface area contributed by atoms with Gasteiger partial charge in [-0.25, -0.2) is 9.97 Å². The average Bonchev–Trinajstić information content (AvgIpc) is 3.35. The Kier molecular flexibility index (Phi) is 2.62. The Bertz CT molecular complexity index is 631. The van der Waals surface area contributed by atoms with E-state index in [1.54, 1.807) is 0 Å². The number of hydrogen-bond acceptors (Lipinski definition) is 3. The molecule has 0 spiro atoms. The predicted octanol–water partition coefficient (Wildman–Crippen LogP) is 2.95. The van der Waals surface area contributed by atoms with Crippen LogP contribution in [0.15, 0.2) is 12.5 Å². The summed E-state index contributed by atoms with van der Waals surface area (Å²) in [6, 6.07) is 0.592. The summed E-state index contributed by atoms with van der Waals surface area (Å²) in [7, 11) is 0. The van der Waals surface area contributed by atoms with Crippen LogP contribution >= 0.6 is 0 Å². The van der Waals surface area contributed by atoms with Crippen molar-refractivity contribution in [2.24, 2.45) is 0 Å². The molecular formula is C15H21N5. The molecule has 2 aliphatic rings. The summed E-state index contributed by atoms with van der Waals surface area (Å²) in [6.45, 7) is 3.13. The molecule has 0 bridgehead atoms. The number of aromatic nitrogens is 4. The first-order valence-electron chi connectivity index (χ1n) is 7.67. The lowest BCUT2D eigenvalue weighted by Crippen LogP contribution is -2.05. The van der Waals surface area contributed by atoms with Gasteiger partial charge < -0.3 is 14.9 Å². The number of aryl methyl sites for hydroxylation is 1. The fourth-order valence-electron chi connectivity index (χ4n) is 2.93. The highest BCUT2D eigenvalue weighted by molar-refractivity contribution is 5.68. The fraction of sp³-hybridized carbons (Fsp3) is 0.600. The van der Waals surface area contributed by atoms with Gasteiger partial charge in [-0.2, -0.15) is 0 Å². The van der Waals surface area contributed by atoms with E-state index >= 15 is 0 Å². The highest BCUT2D eigenvalue weighted by Gasteiger charge is 2.37. The summed E-state index contributed by atoms with van der Waals surface area (Å²) < 4.78 is 4.46. The van der Waals surface area contributed by atoms with Crippen molar-refractivity contribution in [2.75, 3.05) is 5.73 Å². The van der Waals surface area contributed by atoms with E-state index < -0.39 is 0 Å². The average molecular weight is 271 g/mol. The molecule has 0 saturated heterocycles. The number of nitrogens with two attached hydrogens (primary N) is 1. The monoisotopic (exact) mass is 271 g/mol. The van der Waals surface area contributed by atoms with Crippen molar-refractivity contribution in [3.8, 4) is 11.4 Å². The molecule has 20 heavy (non-hydrogen) atoms. The Morgan fingerprint density at radius 1 is 1.30 bits per heavy atom. The Morgan fingerprint density at radius 3 is 2.75 bits per heavy atom. The number of imidazole rings is 2. The van der Waals surface area contributed by atoms with E-state index in [1.165, 1.54) is 31.5 Å². The standard InChI is InChI=1S/C15H21N5/c1-2-7-19-9-17-8-12(19)13-14(16)20(11-5-6-11)15(18-13)10-3-4-10/h8-11H,2-7,16H2,1H3. The second kappa shape index (κ2) is 4.36. The van der Waals surface area contributed by atoms with Crippen molar-refractivity contribution < 1.29 is 0 Å². The van der Waals surface area contributed by atoms with Crippen LogP contribution in [0.3, 0.4) is 0 Å². The zero-order valence-electron chi connectivity index (χ0n) is 11.9. The van der Waals surface area contributed by atoms with Crippen molar-refractivity contribution in [1.82, 2.24) is 19.1 Å². The molecule has 0 radical (unpaired) electrons. The maximum atomic E-state index is 6.43. The smallest absolute Gasteiger partial charge is 0.133 e. The lowest BCUT2D eigenvalue weighted by Gasteiger charge is -2.08. The van der Waals surface area contributed by atoms with E-state index in [4.69, 9.17) is 10.7 Å². The first-order chi connectivity index (χ1) is 9.79. The zero-order valence-corrected chi connectivity index (χ0v) is 11.9. The lowest BCUT2D eigenvalue weighted by molar-refractivity contribution is 0.683. The summed E-state index contributed by atoms with van der Waals surface area (Å²) in [5, 5.41) is 0. The summed E-state index contributed by atoms with van der Waals surface area (Å²) in [4.78, 5) is 9.17. The first kappa shape index (κ1) is 12.0. The molecule has 106 valence electrons. The maximum absolute atomic E-state index is 6.43. The summed E-state index contributed by atoms with van der Waals surface area (Å²) >= 11 is 0. The quantitative estimate of drug-likeness (QED) is 0.909. The Balaban J connectivity index is 1.81. The van der Waals surface area contributed by atoms with E-state index in [0.717, 1.165) is 30.2 Å². The van der Waals surface area contributed by atoms with Gasteiger partial charge in [-0.05, 0) is 32.1 Å².